The average Bonchev–Trinajstić information content (AvgIpc) is 3.26. The van der Waals surface area contributed by atoms with E-state index in [1.807, 2.05) is 0 Å². The number of hydrogen-bond donors (Lipinski definition) is 4. The summed E-state index contributed by atoms with van der Waals surface area (Å²) in [5, 5.41) is 40.9. The summed E-state index contributed by atoms with van der Waals surface area (Å²) in [5.41, 5.74) is -6.77. The molecule has 3 aromatic carbocycles. The van der Waals surface area contributed by atoms with Gasteiger partial charge in [-0.25, -0.2) is 9.59 Å². The molecule has 4 N–H and O–H groups in total. The van der Waals surface area contributed by atoms with E-state index in [4.69, 9.17) is 23.7 Å². The number of amides is 1. The van der Waals surface area contributed by atoms with Crippen molar-refractivity contribution >= 4 is 35.6 Å². The van der Waals surface area contributed by atoms with Gasteiger partial charge in [0.05, 0.1) is 35.6 Å². The Labute approximate surface area is 378 Å². The summed E-state index contributed by atoms with van der Waals surface area (Å²) in [5.74, 6) is -6.65. The van der Waals surface area contributed by atoms with Gasteiger partial charge in [-0.05, 0) is 62.6 Å². The lowest BCUT2D eigenvalue weighted by Crippen LogP contribution is -2.82. The summed E-state index contributed by atoms with van der Waals surface area (Å²) in [6.45, 7) is 11.5. The van der Waals surface area contributed by atoms with E-state index < -0.39 is 113 Å². The number of ketones is 1. The molecular weight excluding hydrogens is 839 g/mol. The molecule has 1 saturated heterocycles. The number of benzene rings is 3. The van der Waals surface area contributed by atoms with Gasteiger partial charge in [0, 0.05) is 37.7 Å². The predicted molar refractivity (Wildman–Crippen MR) is 234 cm³/mol. The van der Waals surface area contributed by atoms with Crippen LogP contribution in [0.25, 0.3) is 0 Å². The Bertz CT molecular complexity index is 2300. The first-order valence-corrected chi connectivity index (χ1v) is 21.8. The molecule has 0 bridgehead atoms. The van der Waals surface area contributed by atoms with E-state index in [9.17, 15) is 39.3 Å². The first-order chi connectivity index (χ1) is 30.7. The van der Waals surface area contributed by atoms with Crippen LogP contribution in [-0.2, 0) is 42.9 Å². The molecule has 2 saturated carbocycles. The minimum atomic E-state index is -2.47. The lowest BCUT2D eigenvalue weighted by molar-refractivity contribution is -0.347. The Morgan fingerprint density at radius 3 is 1.92 bits per heavy atom. The summed E-state index contributed by atoms with van der Waals surface area (Å²) in [4.78, 5) is 83.9. The van der Waals surface area contributed by atoms with Crippen molar-refractivity contribution in [1.29, 1.82) is 0 Å². The van der Waals surface area contributed by atoms with Crippen molar-refractivity contribution in [2.24, 2.45) is 16.7 Å². The van der Waals surface area contributed by atoms with E-state index in [1.165, 1.54) is 19.1 Å². The lowest BCUT2D eigenvalue weighted by Gasteiger charge is -2.67. The Morgan fingerprint density at radius 2 is 1.42 bits per heavy atom. The van der Waals surface area contributed by atoms with Crippen LogP contribution in [0, 0.1) is 16.7 Å². The topological polar surface area (TPSA) is 221 Å². The molecule has 3 aromatic rings. The molecule has 65 heavy (non-hydrogen) atoms. The van der Waals surface area contributed by atoms with Gasteiger partial charge >= 0.3 is 23.9 Å². The Hall–Kier alpha value is -5.74. The van der Waals surface area contributed by atoms with E-state index in [0.717, 1.165) is 13.8 Å². The third-order valence-corrected chi connectivity index (χ3v) is 13.6. The van der Waals surface area contributed by atoms with Crippen molar-refractivity contribution in [3.8, 4) is 0 Å². The van der Waals surface area contributed by atoms with Crippen LogP contribution >= 0.6 is 0 Å². The number of esters is 4. The average molecular weight is 898 g/mol. The molecule has 15 nitrogen and oxygen atoms in total. The fourth-order valence-corrected chi connectivity index (χ4v) is 10.6. The zero-order valence-corrected chi connectivity index (χ0v) is 37.9. The second kappa shape index (κ2) is 19.0. The smallest absolute Gasteiger partial charge is 0.338 e. The normalized spacial score (nSPS) is 29.4. The number of Topliss-reactive ketones (excluding diaryl/α,β-unsaturated/α-hetero) is 1. The summed E-state index contributed by atoms with van der Waals surface area (Å²) >= 11 is 0. The maximum atomic E-state index is 15.6. The van der Waals surface area contributed by atoms with E-state index in [2.05, 4.69) is 5.32 Å². The molecule has 3 fully saturated rings. The van der Waals surface area contributed by atoms with Crippen molar-refractivity contribution in [3.05, 3.63) is 119 Å². The molecule has 0 unspecified atom stereocenters. The summed E-state index contributed by atoms with van der Waals surface area (Å²) in [6.07, 6.45) is -10.5. The van der Waals surface area contributed by atoms with Crippen LogP contribution in [0.5, 0.6) is 0 Å². The number of aliphatic hydroxyl groups excluding tert-OH is 2. The monoisotopic (exact) mass is 897 g/mol. The van der Waals surface area contributed by atoms with Gasteiger partial charge < -0.3 is 44.3 Å². The molecule has 1 heterocycles. The van der Waals surface area contributed by atoms with Gasteiger partial charge in [0.2, 0.25) is 0 Å². The number of carbonyl (C=O) groups is 6. The van der Waals surface area contributed by atoms with E-state index in [0.29, 0.717) is 11.1 Å². The van der Waals surface area contributed by atoms with Crippen molar-refractivity contribution in [1.82, 2.24) is 5.32 Å². The summed E-state index contributed by atoms with van der Waals surface area (Å²) in [6, 6.07) is 23.1. The number of hydrogen-bond acceptors (Lipinski definition) is 14. The van der Waals surface area contributed by atoms with E-state index in [1.54, 1.807) is 113 Å². The molecule has 1 aliphatic heterocycles. The van der Waals surface area contributed by atoms with Crippen molar-refractivity contribution < 1.29 is 67.8 Å². The van der Waals surface area contributed by atoms with Gasteiger partial charge in [-0.1, -0.05) is 93.1 Å². The minimum absolute atomic E-state index is 0.0646. The standard InChI is InChI=1S/C50H59NO14/c1-9-48-35(54)25-36-49(27-61-36,65-31(6)53)41(48)43(64-45(58)34-23-17-12-18-24-34)50(60,47(7,8)37(28(2)3)40(42(48)56)63-30(5)52)26-29(4)62-46(59)39(55)38(32-19-13-10-14-20-32)51-44(57)33-21-15-11-16-22-33/h10-24,29,35-36,38-41,43,54-55,60H,9,25-27H2,1-8H3,(H,51,57)/t29-,35+,36-,38+,39-,40-,41+,43+,48-,49+,50-/m1/s1. The summed E-state index contributed by atoms with van der Waals surface area (Å²) in [7, 11) is 0. The maximum Gasteiger partial charge on any atom is 0.338 e. The molecule has 2 aliphatic carbocycles. The second-order valence-corrected chi connectivity index (χ2v) is 18.1. The molecule has 15 heteroatoms. The number of rotatable bonds is 13. The zero-order chi connectivity index (χ0) is 47.6. The van der Waals surface area contributed by atoms with Gasteiger partial charge in [-0.15, -0.1) is 0 Å². The second-order valence-electron chi connectivity index (χ2n) is 18.1. The largest absolute Gasteiger partial charge is 0.461 e. The first-order valence-electron chi connectivity index (χ1n) is 21.8. The van der Waals surface area contributed by atoms with Gasteiger partial charge in [-0.3, -0.25) is 19.2 Å². The van der Waals surface area contributed by atoms with Crippen LogP contribution < -0.4 is 5.32 Å². The van der Waals surface area contributed by atoms with Crippen LogP contribution in [-0.4, -0.2) is 105 Å². The molecule has 0 aromatic heterocycles. The summed E-state index contributed by atoms with van der Waals surface area (Å²) < 4.78 is 30.5. The number of carbonyl (C=O) groups excluding carboxylic acids is 6. The van der Waals surface area contributed by atoms with E-state index in [-0.39, 0.29) is 36.1 Å². The Balaban J connectivity index is 1.53. The maximum absolute atomic E-state index is 15.6. The Morgan fingerprint density at radius 1 is 0.846 bits per heavy atom. The fraction of sp³-hybridized carbons (Fsp3) is 0.480. The molecule has 0 radical (unpaired) electrons. The van der Waals surface area contributed by atoms with Crippen LogP contribution in [0.2, 0.25) is 0 Å². The SMILES string of the molecule is CC[C@]12C(=O)[C@H](OC(C)=O)C(=C(C)C)C(C)(C)[C@@](O)(C[C@@H](C)OC(=O)[C@H](O)[C@@H](NC(=O)c3ccccc3)c3ccccc3)[C@@H](OC(=O)c3ccccc3)[C@@H]1[C@]1(OC(C)=O)CO[C@@H]1C[C@@H]2O. The van der Waals surface area contributed by atoms with Crippen LogP contribution in [0.15, 0.2) is 102 Å². The molecular formula is C50H59NO14. The molecule has 0 spiro atoms. The fourth-order valence-electron chi connectivity index (χ4n) is 10.6. The van der Waals surface area contributed by atoms with Gasteiger partial charge in [0.15, 0.2) is 23.6 Å². The van der Waals surface area contributed by atoms with Gasteiger partial charge in [0.25, 0.3) is 5.91 Å². The highest BCUT2D eigenvalue weighted by Gasteiger charge is 2.78. The third-order valence-electron chi connectivity index (χ3n) is 13.6. The molecule has 11 atom stereocenters. The number of allylic oxidation sites excluding steroid dienone is 1. The third kappa shape index (κ3) is 8.86. The van der Waals surface area contributed by atoms with Gasteiger partial charge in [0.1, 0.15) is 23.9 Å². The number of nitrogens with one attached hydrogen (secondary N) is 1. The predicted octanol–water partition coefficient (Wildman–Crippen LogP) is 5.15. The molecule has 3 aliphatic rings. The zero-order valence-electron chi connectivity index (χ0n) is 37.9. The van der Waals surface area contributed by atoms with E-state index >= 15 is 4.79 Å². The highest BCUT2D eigenvalue weighted by atomic mass is 16.6. The van der Waals surface area contributed by atoms with Crippen LogP contribution in [0.4, 0.5) is 0 Å². The molecule has 348 valence electrons. The quantitative estimate of drug-likeness (QED) is 0.0991. The van der Waals surface area contributed by atoms with Crippen LogP contribution in [0.3, 0.4) is 0 Å². The number of aliphatic hydroxyl groups is 3. The van der Waals surface area contributed by atoms with Crippen molar-refractivity contribution in [3.63, 3.8) is 0 Å². The molecule has 1 amide bonds. The number of fused-ring (bicyclic) bond motifs is 3. The Kier molecular flexibility index (Phi) is 14.2. The first kappa shape index (κ1) is 48.7. The van der Waals surface area contributed by atoms with Crippen LogP contribution in [0.1, 0.15) is 107 Å². The number of ether oxygens (including phenoxy) is 5. The highest BCUT2D eigenvalue weighted by Crippen LogP contribution is 2.64. The molecule has 6 rings (SSSR count). The van der Waals surface area contributed by atoms with Gasteiger partial charge in [-0.2, -0.15) is 0 Å². The highest BCUT2D eigenvalue weighted by molar-refractivity contribution is 5.96. The lowest BCUT2D eigenvalue weighted by atomic mass is 9.44. The van der Waals surface area contributed by atoms with Crippen molar-refractivity contribution in [2.45, 2.75) is 129 Å². The minimum Gasteiger partial charge on any atom is -0.461 e. The van der Waals surface area contributed by atoms with Crippen molar-refractivity contribution in [2.75, 3.05) is 6.61 Å².